The average molecular weight is 272 g/mol. The van der Waals surface area contributed by atoms with Crippen molar-refractivity contribution in [3.8, 4) is 5.75 Å². The summed E-state index contributed by atoms with van der Waals surface area (Å²) in [6, 6.07) is 7.92. The van der Waals surface area contributed by atoms with Crippen molar-refractivity contribution in [2.75, 3.05) is 13.1 Å². The Labute approximate surface area is 121 Å². The number of fused-ring (bicyclic) bond motifs is 2. The molecule has 20 heavy (non-hydrogen) atoms. The van der Waals surface area contributed by atoms with Gasteiger partial charge >= 0.3 is 0 Å². The predicted molar refractivity (Wildman–Crippen MR) is 79.9 cm³/mol. The van der Waals surface area contributed by atoms with Gasteiger partial charge in [0.25, 0.3) is 0 Å². The van der Waals surface area contributed by atoms with Crippen molar-refractivity contribution in [2.24, 2.45) is 0 Å². The second kappa shape index (κ2) is 5.05. The summed E-state index contributed by atoms with van der Waals surface area (Å²) in [7, 11) is 0. The lowest BCUT2D eigenvalue weighted by atomic mass is 9.96. The largest absolute Gasteiger partial charge is 0.508 e. The van der Waals surface area contributed by atoms with Crippen molar-refractivity contribution in [2.45, 2.75) is 56.7 Å². The molecule has 1 aliphatic carbocycles. The van der Waals surface area contributed by atoms with Crippen LogP contribution in [0.2, 0.25) is 0 Å². The summed E-state index contributed by atoms with van der Waals surface area (Å²) in [6.45, 7) is 2.58. The van der Waals surface area contributed by atoms with E-state index < -0.39 is 0 Å². The van der Waals surface area contributed by atoms with Gasteiger partial charge in [0, 0.05) is 18.1 Å². The summed E-state index contributed by atoms with van der Waals surface area (Å²) >= 11 is 0. The molecule has 1 aromatic rings. The maximum absolute atomic E-state index is 9.94. The van der Waals surface area contributed by atoms with Crippen molar-refractivity contribution >= 4 is 0 Å². The normalized spacial score (nSPS) is 33.1. The number of aromatic hydroxyl groups is 1. The Bertz CT molecular complexity index is 502. The Morgan fingerprint density at radius 3 is 3.05 bits per heavy atom. The molecule has 2 aliphatic heterocycles. The van der Waals surface area contributed by atoms with Gasteiger partial charge in [-0.25, -0.2) is 0 Å². The van der Waals surface area contributed by atoms with Crippen LogP contribution in [0.5, 0.6) is 5.75 Å². The third-order valence-corrected chi connectivity index (χ3v) is 5.50. The summed E-state index contributed by atoms with van der Waals surface area (Å²) in [4.78, 5) is 2.67. The van der Waals surface area contributed by atoms with E-state index in [9.17, 15) is 5.11 Å². The van der Waals surface area contributed by atoms with Crippen LogP contribution in [0.1, 0.15) is 49.3 Å². The first-order valence-electron chi connectivity index (χ1n) is 8.12. The van der Waals surface area contributed by atoms with Gasteiger partial charge in [-0.05, 0) is 68.8 Å². The minimum atomic E-state index is 0.454. The molecule has 1 aromatic carbocycles. The van der Waals surface area contributed by atoms with Crippen LogP contribution in [0.25, 0.3) is 0 Å². The standard InChI is InChI=1S/C17H24N2O/c20-17-5-1-4-14-15(17)6-7-16(14)18-12-8-10-19-9-2-3-13(19)11-12/h1,4-5,12-13,16,18,20H,2-3,6-11H2. The minimum absolute atomic E-state index is 0.454. The summed E-state index contributed by atoms with van der Waals surface area (Å²) in [5, 5.41) is 13.8. The fraction of sp³-hybridized carbons (Fsp3) is 0.647. The molecule has 3 aliphatic rings. The highest BCUT2D eigenvalue weighted by Crippen LogP contribution is 2.37. The van der Waals surface area contributed by atoms with Crippen molar-refractivity contribution < 1.29 is 5.11 Å². The van der Waals surface area contributed by atoms with E-state index in [4.69, 9.17) is 0 Å². The maximum Gasteiger partial charge on any atom is 0.119 e. The molecule has 0 bridgehead atoms. The maximum atomic E-state index is 9.94. The van der Waals surface area contributed by atoms with Crippen molar-refractivity contribution in [3.63, 3.8) is 0 Å². The van der Waals surface area contributed by atoms with Crippen LogP contribution in [-0.4, -0.2) is 35.2 Å². The zero-order chi connectivity index (χ0) is 13.5. The fourth-order valence-corrected chi connectivity index (χ4v) is 4.47. The highest BCUT2D eigenvalue weighted by Gasteiger charge is 2.34. The second-order valence-electron chi connectivity index (χ2n) is 6.66. The van der Waals surface area contributed by atoms with Crippen LogP contribution in [0.4, 0.5) is 0 Å². The highest BCUT2D eigenvalue weighted by molar-refractivity contribution is 5.44. The Morgan fingerprint density at radius 2 is 2.10 bits per heavy atom. The zero-order valence-corrected chi connectivity index (χ0v) is 12.0. The van der Waals surface area contributed by atoms with E-state index in [2.05, 4.69) is 16.3 Å². The highest BCUT2D eigenvalue weighted by atomic mass is 16.3. The Hall–Kier alpha value is -1.06. The van der Waals surface area contributed by atoms with E-state index >= 15 is 0 Å². The zero-order valence-electron chi connectivity index (χ0n) is 12.0. The van der Waals surface area contributed by atoms with Crippen LogP contribution >= 0.6 is 0 Å². The van der Waals surface area contributed by atoms with Gasteiger partial charge in [-0.15, -0.1) is 0 Å². The molecule has 3 nitrogen and oxygen atoms in total. The van der Waals surface area contributed by atoms with Gasteiger partial charge in [0.2, 0.25) is 0 Å². The van der Waals surface area contributed by atoms with E-state index in [1.54, 1.807) is 0 Å². The van der Waals surface area contributed by atoms with Gasteiger partial charge in [0.1, 0.15) is 5.75 Å². The topological polar surface area (TPSA) is 35.5 Å². The van der Waals surface area contributed by atoms with E-state index in [1.165, 1.54) is 49.9 Å². The Kier molecular flexibility index (Phi) is 3.20. The third kappa shape index (κ3) is 2.13. The molecule has 2 saturated heterocycles. The average Bonchev–Trinajstić information content (AvgIpc) is 3.06. The first-order chi connectivity index (χ1) is 9.81. The Balaban J connectivity index is 1.45. The molecule has 4 rings (SSSR count). The van der Waals surface area contributed by atoms with Crippen LogP contribution in [-0.2, 0) is 6.42 Å². The van der Waals surface area contributed by atoms with Crippen molar-refractivity contribution in [1.82, 2.24) is 10.2 Å². The molecule has 3 unspecified atom stereocenters. The summed E-state index contributed by atoms with van der Waals surface area (Å²) < 4.78 is 0. The number of piperidine rings is 1. The molecule has 108 valence electrons. The van der Waals surface area contributed by atoms with Crippen LogP contribution < -0.4 is 5.32 Å². The Morgan fingerprint density at radius 1 is 1.15 bits per heavy atom. The predicted octanol–water partition coefficient (Wildman–Crippen LogP) is 2.60. The number of hydrogen-bond acceptors (Lipinski definition) is 3. The molecule has 0 radical (unpaired) electrons. The lowest BCUT2D eigenvalue weighted by molar-refractivity contribution is 0.161. The molecular weight excluding hydrogens is 248 g/mol. The number of nitrogens with one attached hydrogen (secondary N) is 1. The summed E-state index contributed by atoms with van der Waals surface area (Å²) in [5.74, 6) is 0.484. The molecule has 0 saturated carbocycles. The number of phenolic OH excluding ortho intramolecular Hbond substituents is 1. The molecule has 3 atom stereocenters. The van der Waals surface area contributed by atoms with Gasteiger partial charge in [-0.2, -0.15) is 0 Å². The van der Waals surface area contributed by atoms with Crippen LogP contribution in [0.15, 0.2) is 18.2 Å². The molecule has 0 aromatic heterocycles. The molecule has 0 spiro atoms. The van der Waals surface area contributed by atoms with Gasteiger partial charge in [-0.1, -0.05) is 12.1 Å². The molecule has 2 N–H and O–H groups in total. The minimum Gasteiger partial charge on any atom is -0.508 e. The number of phenols is 1. The third-order valence-electron chi connectivity index (χ3n) is 5.50. The number of benzene rings is 1. The second-order valence-corrected chi connectivity index (χ2v) is 6.66. The fourth-order valence-electron chi connectivity index (χ4n) is 4.47. The number of rotatable bonds is 2. The van der Waals surface area contributed by atoms with E-state index in [1.807, 2.05) is 12.1 Å². The first-order valence-corrected chi connectivity index (χ1v) is 8.12. The molecular formula is C17H24N2O. The van der Waals surface area contributed by atoms with E-state index in [-0.39, 0.29) is 0 Å². The number of hydrogen-bond donors (Lipinski definition) is 2. The quantitative estimate of drug-likeness (QED) is 0.868. The van der Waals surface area contributed by atoms with Crippen molar-refractivity contribution in [3.05, 3.63) is 29.3 Å². The van der Waals surface area contributed by atoms with Gasteiger partial charge in [0.05, 0.1) is 0 Å². The molecule has 2 heterocycles. The van der Waals surface area contributed by atoms with Crippen LogP contribution in [0.3, 0.4) is 0 Å². The number of nitrogens with zero attached hydrogens (tertiary/aromatic N) is 1. The first kappa shape index (κ1) is 12.7. The lowest BCUT2D eigenvalue weighted by Crippen LogP contribution is -2.46. The molecule has 2 fully saturated rings. The molecule has 0 amide bonds. The van der Waals surface area contributed by atoms with Gasteiger partial charge < -0.3 is 15.3 Å². The van der Waals surface area contributed by atoms with Gasteiger partial charge in [-0.3, -0.25) is 0 Å². The smallest absolute Gasteiger partial charge is 0.119 e. The van der Waals surface area contributed by atoms with Gasteiger partial charge in [0.15, 0.2) is 0 Å². The monoisotopic (exact) mass is 272 g/mol. The summed E-state index contributed by atoms with van der Waals surface area (Å²) in [6.07, 6.45) is 7.52. The van der Waals surface area contributed by atoms with E-state index in [0.29, 0.717) is 17.8 Å². The van der Waals surface area contributed by atoms with E-state index in [0.717, 1.165) is 18.9 Å². The lowest BCUT2D eigenvalue weighted by Gasteiger charge is -2.36. The molecule has 3 heteroatoms. The van der Waals surface area contributed by atoms with Crippen LogP contribution in [0, 0.1) is 0 Å². The SMILES string of the molecule is Oc1cccc2c1CCC2NC1CCN2CCCC2C1. The van der Waals surface area contributed by atoms with Crippen molar-refractivity contribution in [1.29, 1.82) is 0 Å². The summed E-state index contributed by atoms with van der Waals surface area (Å²) in [5.41, 5.74) is 2.50.